The first-order chi connectivity index (χ1) is 7.40. The van der Waals surface area contributed by atoms with Crippen molar-refractivity contribution in [3.63, 3.8) is 0 Å². The number of aromatic nitrogens is 2. The van der Waals surface area contributed by atoms with Gasteiger partial charge in [-0.3, -0.25) is 4.68 Å². The first-order valence-corrected chi connectivity index (χ1v) is 5.24. The number of morpholine rings is 1. The van der Waals surface area contributed by atoms with Crippen molar-refractivity contribution in [1.82, 2.24) is 15.1 Å². The Hall–Kier alpha value is -0.910. The number of hydrogen-bond donors (Lipinski definition) is 1. The number of hydrogen-bond acceptors (Lipinski definition) is 4. The SMILES string of the molecule is COCCn1cc(C2CNCCO2)cn1. The molecule has 0 radical (unpaired) electrons. The van der Waals surface area contributed by atoms with Crippen LogP contribution >= 0.6 is 0 Å². The van der Waals surface area contributed by atoms with Gasteiger partial charge in [0.2, 0.25) is 0 Å². The molecule has 5 nitrogen and oxygen atoms in total. The van der Waals surface area contributed by atoms with Crippen molar-refractivity contribution < 1.29 is 9.47 Å². The second kappa shape index (κ2) is 5.25. The number of nitrogens with one attached hydrogen (secondary N) is 1. The second-order valence-corrected chi connectivity index (χ2v) is 3.59. The van der Waals surface area contributed by atoms with Gasteiger partial charge < -0.3 is 14.8 Å². The normalized spacial score (nSPS) is 21.8. The van der Waals surface area contributed by atoms with E-state index in [1.807, 2.05) is 17.1 Å². The lowest BCUT2D eigenvalue weighted by Gasteiger charge is -2.22. The van der Waals surface area contributed by atoms with Crippen LogP contribution in [0.3, 0.4) is 0 Å². The molecule has 1 aromatic heterocycles. The summed E-state index contributed by atoms with van der Waals surface area (Å²) in [6, 6.07) is 0. The summed E-state index contributed by atoms with van der Waals surface area (Å²) in [4.78, 5) is 0. The molecule has 1 unspecified atom stereocenters. The zero-order valence-corrected chi connectivity index (χ0v) is 8.98. The summed E-state index contributed by atoms with van der Waals surface area (Å²) < 4.78 is 12.5. The Morgan fingerprint density at radius 1 is 1.73 bits per heavy atom. The van der Waals surface area contributed by atoms with Crippen LogP contribution in [0, 0.1) is 0 Å². The van der Waals surface area contributed by atoms with Crippen molar-refractivity contribution >= 4 is 0 Å². The van der Waals surface area contributed by atoms with Crippen LogP contribution < -0.4 is 5.32 Å². The second-order valence-electron chi connectivity index (χ2n) is 3.59. The standard InChI is InChI=1S/C10H17N3O2/c1-14-5-3-13-8-9(6-12-13)10-7-11-2-4-15-10/h6,8,10-11H,2-5,7H2,1H3. The van der Waals surface area contributed by atoms with E-state index < -0.39 is 0 Å². The van der Waals surface area contributed by atoms with Crippen molar-refractivity contribution in [1.29, 1.82) is 0 Å². The van der Waals surface area contributed by atoms with Gasteiger partial charge >= 0.3 is 0 Å². The van der Waals surface area contributed by atoms with Crippen molar-refractivity contribution in [2.24, 2.45) is 0 Å². The Morgan fingerprint density at radius 3 is 3.40 bits per heavy atom. The first kappa shape index (κ1) is 10.6. The Balaban J connectivity index is 1.93. The molecule has 1 N–H and O–H groups in total. The molecule has 84 valence electrons. The van der Waals surface area contributed by atoms with Crippen molar-refractivity contribution in [3.05, 3.63) is 18.0 Å². The molecule has 0 spiro atoms. The number of rotatable bonds is 4. The van der Waals surface area contributed by atoms with E-state index in [0.29, 0.717) is 6.61 Å². The van der Waals surface area contributed by atoms with Crippen LogP contribution in [0.25, 0.3) is 0 Å². The highest BCUT2D eigenvalue weighted by Gasteiger charge is 2.16. The summed E-state index contributed by atoms with van der Waals surface area (Å²) in [5, 5.41) is 7.56. The van der Waals surface area contributed by atoms with Crippen LogP contribution in [0.4, 0.5) is 0 Å². The van der Waals surface area contributed by atoms with Gasteiger partial charge in [-0.1, -0.05) is 0 Å². The molecule has 1 fully saturated rings. The molecule has 2 heterocycles. The van der Waals surface area contributed by atoms with Crippen LogP contribution in [0.2, 0.25) is 0 Å². The number of nitrogens with zero attached hydrogens (tertiary/aromatic N) is 2. The molecular formula is C10H17N3O2. The molecule has 2 rings (SSSR count). The fraction of sp³-hybridized carbons (Fsp3) is 0.700. The largest absolute Gasteiger partial charge is 0.383 e. The van der Waals surface area contributed by atoms with Gasteiger partial charge in [0.05, 0.1) is 32.1 Å². The third kappa shape index (κ3) is 2.77. The molecule has 1 saturated heterocycles. The Bertz CT molecular complexity index is 295. The van der Waals surface area contributed by atoms with Gasteiger partial charge in [-0.15, -0.1) is 0 Å². The molecule has 0 aliphatic carbocycles. The van der Waals surface area contributed by atoms with E-state index in [1.54, 1.807) is 7.11 Å². The number of ether oxygens (including phenoxy) is 2. The molecule has 1 aliphatic heterocycles. The molecule has 0 amide bonds. The molecule has 5 heteroatoms. The number of methoxy groups -OCH3 is 1. The van der Waals surface area contributed by atoms with Gasteiger partial charge in [-0.25, -0.2) is 0 Å². The molecule has 0 saturated carbocycles. The van der Waals surface area contributed by atoms with Gasteiger partial charge in [0.25, 0.3) is 0 Å². The van der Waals surface area contributed by atoms with Crippen LogP contribution in [-0.2, 0) is 16.0 Å². The zero-order valence-electron chi connectivity index (χ0n) is 8.98. The highest BCUT2D eigenvalue weighted by atomic mass is 16.5. The first-order valence-electron chi connectivity index (χ1n) is 5.24. The highest BCUT2D eigenvalue weighted by Crippen LogP contribution is 2.17. The van der Waals surface area contributed by atoms with Crippen molar-refractivity contribution in [3.8, 4) is 0 Å². The maximum atomic E-state index is 5.63. The van der Waals surface area contributed by atoms with Gasteiger partial charge in [0.1, 0.15) is 0 Å². The topological polar surface area (TPSA) is 48.3 Å². The smallest absolute Gasteiger partial charge is 0.0980 e. The lowest BCUT2D eigenvalue weighted by Crippen LogP contribution is -2.33. The van der Waals surface area contributed by atoms with Crippen LogP contribution in [0.1, 0.15) is 11.7 Å². The maximum absolute atomic E-state index is 5.63. The quantitative estimate of drug-likeness (QED) is 0.772. The Morgan fingerprint density at radius 2 is 2.67 bits per heavy atom. The minimum absolute atomic E-state index is 0.148. The van der Waals surface area contributed by atoms with Gasteiger partial charge in [-0.05, 0) is 0 Å². The Labute approximate surface area is 89.4 Å². The fourth-order valence-corrected chi connectivity index (χ4v) is 1.63. The zero-order chi connectivity index (χ0) is 10.5. The molecule has 0 aromatic carbocycles. The maximum Gasteiger partial charge on any atom is 0.0980 e. The van der Waals surface area contributed by atoms with Gasteiger partial charge in [0.15, 0.2) is 0 Å². The third-order valence-corrected chi connectivity index (χ3v) is 2.48. The minimum Gasteiger partial charge on any atom is -0.383 e. The van der Waals surface area contributed by atoms with Crippen molar-refractivity contribution in [2.45, 2.75) is 12.6 Å². The van der Waals surface area contributed by atoms with Crippen LogP contribution in [-0.4, -0.2) is 43.2 Å². The summed E-state index contributed by atoms with van der Waals surface area (Å²) in [5.41, 5.74) is 1.14. The highest BCUT2D eigenvalue weighted by molar-refractivity contribution is 5.09. The van der Waals surface area contributed by atoms with E-state index in [-0.39, 0.29) is 6.10 Å². The predicted octanol–water partition coefficient (Wildman–Crippen LogP) is 0.190. The summed E-state index contributed by atoms with van der Waals surface area (Å²) in [5.74, 6) is 0. The monoisotopic (exact) mass is 211 g/mol. The lowest BCUT2D eigenvalue weighted by molar-refractivity contribution is 0.0276. The van der Waals surface area contributed by atoms with E-state index in [2.05, 4.69) is 10.4 Å². The summed E-state index contributed by atoms with van der Waals surface area (Å²) in [6.45, 7) is 4.06. The van der Waals surface area contributed by atoms with Crippen LogP contribution in [0.15, 0.2) is 12.4 Å². The van der Waals surface area contributed by atoms with E-state index >= 15 is 0 Å². The van der Waals surface area contributed by atoms with E-state index in [1.165, 1.54) is 0 Å². The van der Waals surface area contributed by atoms with E-state index in [9.17, 15) is 0 Å². The van der Waals surface area contributed by atoms with E-state index in [4.69, 9.17) is 9.47 Å². The van der Waals surface area contributed by atoms with Crippen LogP contribution in [0.5, 0.6) is 0 Å². The van der Waals surface area contributed by atoms with Crippen molar-refractivity contribution in [2.75, 3.05) is 33.4 Å². The molecule has 15 heavy (non-hydrogen) atoms. The van der Waals surface area contributed by atoms with E-state index in [0.717, 1.165) is 31.8 Å². The summed E-state index contributed by atoms with van der Waals surface area (Å²) in [7, 11) is 1.69. The minimum atomic E-state index is 0.148. The predicted molar refractivity (Wildman–Crippen MR) is 55.7 cm³/mol. The Kier molecular flexibility index (Phi) is 3.71. The molecule has 1 atom stereocenters. The molecular weight excluding hydrogens is 194 g/mol. The summed E-state index contributed by atoms with van der Waals surface area (Å²) in [6.07, 6.45) is 4.04. The fourth-order valence-electron chi connectivity index (χ4n) is 1.63. The average Bonchev–Trinajstić information content (AvgIpc) is 2.76. The average molecular weight is 211 g/mol. The third-order valence-electron chi connectivity index (χ3n) is 2.48. The van der Waals surface area contributed by atoms with Gasteiger partial charge in [-0.2, -0.15) is 5.10 Å². The molecule has 1 aromatic rings. The molecule has 0 bridgehead atoms. The van der Waals surface area contributed by atoms with Gasteiger partial charge in [0, 0.05) is 32.0 Å². The summed E-state index contributed by atoms with van der Waals surface area (Å²) >= 11 is 0. The molecule has 1 aliphatic rings. The lowest BCUT2D eigenvalue weighted by atomic mass is 10.2.